The summed E-state index contributed by atoms with van der Waals surface area (Å²) in [6, 6.07) is 13.9. The molecule has 4 rings (SSSR count). The lowest BCUT2D eigenvalue weighted by molar-refractivity contribution is 0.102. The smallest absolute Gasteiger partial charge is 0.256 e. The minimum absolute atomic E-state index is 0.00937. The van der Waals surface area contributed by atoms with Gasteiger partial charge in [-0.15, -0.1) is 0 Å². The summed E-state index contributed by atoms with van der Waals surface area (Å²) in [5.41, 5.74) is 1.57. The molecule has 1 heterocycles. The molecule has 3 nitrogen and oxygen atoms in total. The van der Waals surface area contributed by atoms with Crippen molar-refractivity contribution in [2.24, 2.45) is 0 Å². The van der Waals surface area contributed by atoms with Crippen LogP contribution >= 0.6 is 0 Å². The molecule has 1 amide bonds. The highest BCUT2D eigenvalue weighted by Crippen LogP contribution is 2.32. The maximum absolute atomic E-state index is 14.1. The summed E-state index contributed by atoms with van der Waals surface area (Å²) >= 11 is 0. The van der Waals surface area contributed by atoms with Gasteiger partial charge in [0.1, 0.15) is 5.69 Å². The van der Waals surface area contributed by atoms with Crippen molar-refractivity contribution in [3.63, 3.8) is 0 Å². The Hall–Kier alpha value is -3.81. The number of anilines is 1. The number of hydrogen-bond donors (Lipinski definition) is 1. The zero-order chi connectivity index (χ0) is 23.2. The van der Waals surface area contributed by atoms with Crippen LogP contribution in [0.5, 0.6) is 0 Å². The fraction of sp³-hybridized carbons (Fsp3) is 0.0833. The number of nitrogens with one attached hydrogen (secondary N) is 1. The van der Waals surface area contributed by atoms with Crippen LogP contribution in [-0.4, -0.2) is 10.9 Å². The van der Waals surface area contributed by atoms with E-state index in [1.165, 1.54) is 0 Å². The standard InChI is InChI=1S/C24H15F5N2O/c1-11-7-9-13(10-8-11)22-12(2)16(14-5-3-4-6-15(14)30-22)24(32)31-23-20(28)18(26)17(25)19(27)21(23)29/h3-10H,1-2H3,(H,31,32). The summed E-state index contributed by atoms with van der Waals surface area (Å²) in [7, 11) is 0. The van der Waals surface area contributed by atoms with Crippen molar-refractivity contribution in [3.05, 3.63) is 94.3 Å². The Labute approximate surface area is 179 Å². The van der Waals surface area contributed by atoms with Crippen molar-refractivity contribution in [2.45, 2.75) is 13.8 Å². The van der Waals surface area contributed by atoms with E-state index in [2.05, 4.69) is 4.98 Å². The average Bonchev–Trinajstić information content (AvgIpc) is 2.79. The van der Waals surface area contributed by atoms with Crippen molar-refractivity contribution < 1.29 is 26.7 Å². The number of carbonyl (C=O) groups is 1. The van der Waals surface area contributed by atoms with Crippen LogP contribution < -0.4 is 5.32 Å². The second-order valence-electron chi connectivity index (χ2n) is 7.24. The quantitative estimate of drug-likeness (QED) is 0.225. The number of para-hydroxylation sites is 1. The molecule has 0 saturated heterocycles. The lowest BCUT2D eigenvalue weighted by Gasteiger charge is -2.16. The molecular weight excluding hydrogens is 427 g/mol. The highest BCUT2D eigenvalue weighted by atomic mass is 19.2. The van der Waals surface area contributed by atoms with Crippen LogP contribution in [0.4, 0.5) is 27.6 Å². The van der Waals surface area contributed by atoms with Crippen molar-refractivity contribution in [1.82, 2.24) is 4.98 Å². The molecule has 0 aliphatic rings. The van der Waals surface area contributed by atoms with Crippen LogP contribution in [0.2, 0.25) is 0 Å². The number of amides is 1. The van der Waals surface area contributed by atoms with Gasteiger partial charge in [0.25, 0.3) is 5.91 Å². The van der Waals surface area contributed by atoms with Gasteiger partial charge in [0.15, 0.2) is 23.3 Å². The summed E-state index contributed by atoms with van der Waals surface area (Å²) in [6.07, 6.45) is 0. The third-order valence-corrected chi connectivity index (χ3v) is 5.14. The van der Waals surface area contributed by atoms with Crippen LogP contribution in [0.3, 0.4) is 0 Å². The van der Waals surface area contributed by atoms with E-state index < -0.39 is 40.7 Å². The number of hydrogen-bond acceptors (Lipinski definition) is 2. The third kappa shape index (κ3) is 3.47. The van der Waals surface area contributed by atoms with Crippen LogP contribution in [-0.2, 0) is 0 Å². The lowest BCUT2D eigenvalue weighted by Crippen LogP contribution is -2.19. The van der Waals surface area contributed by atoms with Gasteiger partial charge in [-0.25, -0.2) is 26.9 Å². The normalized spacial score (nSPS) is 11.1. The summed E-state index contributed by atoms with van der Waals surface area (Å²) in [6.45, 7) is 3.51. The Morgan fingerprint density at radius 3 is 1.97 bits per heavy atom. The van der Waals surface area contributed by atoms with Gasteiger partial charge in [0.05, 0.1) is 16.8 Å². The predicted molar refractivity (Wildman–Crippen MR) is 111 cm³/mol. The second kappa shape index (κ2) is 8.03. The first-order chi connectivity index (χ1) is 15.2. The highest BCUT2D eigenvalue weighted by molar-refractivity contribution is 6.14. The fourth-order valence-electron chi connectivity index (χ4n) is 3.48. The molecule has 0 spiro atoms. The molecule has 1 N–H and O–H groups in total. The molecule has 0 fully saturated rings. The lowest BCUT2D eigenvalue weighted by atomic mass is 9.96. The van der Waals surface area contributed by atoms with Crippen LogP contribution in [0.1, 0.15) is 21.5 Å². The molecule has 3 aromatic carbocycles. The van der Waals surface area contributed by atoms with Crippen molar-refractivity contribution in [1.29, 1.82) is 0 Å². The molecule has 0 unspecified atom stereocenters. The molecule has 8 heteroatoms. The zero-order valence-corrected chi connectivity index (χ0v) is 16.9. The maximum Gasteiger partial charge on any atom is 0.256 e. The Bertz CT molecular complexity index is 1360. The molecule has 0 atom stereocenters. The third-order valence-electron chi connectivity index (χ3n) is 5.14. The minimum atomic E-state index is -2.30. The van der Waals surface area contributed by atoms with E-state index in [0.717, 1.165) is 5.56 Å². The Morgan fingerprint density at radius 2 is 1.34 bits per heavy atom. The minimum Gasteiger partial charge on any atom is -0.317 e. The molecule has 0 aliphatic heterocycles. The summed E-state index contributed by atoms with van der Waals surface area (Å²) in [4.78, 5) is 17.7. The van der Waals surface area contributed by atoms with E-state index in [0.29, 0.717) is 27.7 Å². The van der Waals surface area contributed by atoms with Crippen LogP contribution in [0.25, 0.3) is 22.2 Å². The topological polar surface area (TPSA) is 42.0 Å². The number of rotatable bonds is 3. The molecule has 4 aromatic rings. The molecule has 0 radical (unpaired) electrons. The first-order valence-electron chi connectivity index (χ1n) is 9.49. The van der Waals surface area contributed by atoms with Crippen molar-refractivity contribution >= 4 is 22.5 Å². The predicted octanol–water partition coefficient (Wildman–Crippen LogP) is 6.47. The number of pyridine rings is 1. The fourth-order valence-corrected chi connectivity index (χ4v) is 3.48. The Kier molecular flexibility index (Phi) is 5.38. The number of fused-ring (bicyclic) bond motifs is 1. The van der Waals surface area contributed by atoms with Gasteiger partial charge in [-0.05, 0) is 25.5 Å². The zero-order valence-electron chi connectivity index (χ0n) is 16.9. The summed E-state index contributed by atoms with van der Waals surface area (Å²) < 4.78 is 68.8. The SMILES string of the molecule is Cc1ccc(-c2nc3ccccc3c(C(=O)Nc3c(F)c(F)c(F)c(F)c3F)c2C)cc1. The van der Waals surface area contributed by atoms with Gasteiger partial charge in [-0.1, -0.05) is 48.0 Å². The molecule has 0 saturated carbocycles. The summed E-state index contributed by atoms with van der Waals surface area (Å²) in [5, 5.41) is 2.22. The number of carbonyl (C=O) groups excluding carboxylic acids is 1. The molecule has 162 valence electrons. The first kappa shape index (κ1) is 21.4. The van der Waals surface area contributed by atoms with Crippen LogP contribution in [0, 0.1) is 42.9 Å². The largest absolute Gasteiger partial charge is 0.317 e. The van der Waals surface area contributed by atoms with E-state index in [1.807, 2.05) is 36.5 Å². The van der Waals surface area contributed by atoms with E-state index in [4.69, 9.17) is 0 Å². The van der Waals surface area contributed by atoms with E-state index >= 15 is 0 Å². The molecule has 0 aliphatic carbocycles. The van der Waals surface area contributed by atoms with E-state index in [1.54, 1.807) is 31.2 Å². The number of aryl methyl sites for hydroxylation is 1. The Balaban J connectivity index is 1.90. The maximum atomic E-state index is 14.1. The van der Waals surface area contributed by atoms with Gasteiger partial charge in [-0.2, -0.15) is 0 Å². The van der Waals surface area contributed by atoms with Gasteiger partial charge in [0, 0.05) is 10.9 Å². The van der Waals surface area contributed by atoms with Gasteiger partial charge < -0.3 is 5.32 Å². The molecule has 32 heavy (non-hydrogen) atoms. The van der Waals surface area contributed by atoms with Crippen LogP contribution in [0.15, 0.2) is 48.5 Å². The molecule has 1 aromatic heterocycles. The van der Waals surface area contributed by atoms with Crippen molar-refractivity contribution in [3.8, 4) is 11.3 Å². The van der Waals surface area contributed by atoms with Gasteiger partial charge >= 0.3 is 0 Å². The average molecular weight is 442 g/mol. The monoisotopic (exact) mass is 442 g/mol. The number of halogens is 5. The summed E-state index contributed by atoms with van der Waals surface area (Å²) in [5.74, 6) is -11.9. The molecular formula is C24H15F5N2O. The van der Waals surface area contributed by atoms with Gasteiger partial charge in [0.2, 0.25) is 5.82 Å². The second-order valence-corrected chi connectivity index (χ2v) is 7.24. The Morgan fingerprint density at radius 1 is 0.781 bits per heavy atom. The number of nitrogens with zero attached hydrogens (tertiary/aromatic N) is 1. The number of aromatic nitrogens is 1. The van der Waals surface area contributed by atoms with E-state index in [-0.39, 0.29) is 5.56 Å². The van der Waals surface area contributed by atoms with Crippen molar-refractivity contribution in [2.75, 3.05) is 5.32 Å². The van der Waals surface area contributed by atoms with E-state index in [9.17, 15) is 26.7 Å². The van der Waals surface area contributed by atoms with Gasteiger partial charge in [-0.3, -0.25) is 4.79 Å². The first-order valence-corrected chi connectivity index (χ1v) is 9.49. The highest BCUT2D eigenvalue weighted by Gasteiger charge is 2.28. The molecule has 0 bridgehead atoms. The number of benzene rings is 3.